The first-order chi connectivity index (χ1) is 11.4. The summed E-state index contributed by atoms with van der Waals surface area (Å²) in [6, 6.07) is 5.11. The van der Waals surface area contributed by atoms with Gasteiger partial charge in [-0.1, -0.05) is 12.1 Å². The number of ether oxygens (including phenoxy) is 1. The zero-order valence-corrected chi connectivity index (χ0v) is 13.9. The molecule has 0 fully saturated rings. The van der Waals surface area contributed by atoms with Crippen molar-refractivity contribution in [3.05, 3.63) is 29.3 Å². The predicted octanol–water partition coefficient (Wildman–Crippen LogP) is 1.98. The van der Waals surface area contributed by atoms with Gasteiger partial charge in [0.2, 0.25) is 0 Å². The molecule has 1 heterocycles. The Morgan fingerprint density at radius 3 is 2.75 bits per heavy atom. The summed E-state index contributed by atoms with van der Waals surface area (Å²) >= 11 is 0. The second-order valence-electron chi connectivity index (χ2n) is 5.93. The minimum Gasteiger partial charge on any atom is -0.535 e. The van der Waals surface area contributed by atoms with Crippen LogP contribution in [0.5, 0.6) is 5.75 Å². The summed E-state index contributed by atoms with van der Waals surface area (Å²) in [7, 11) is -1.17. The lowest BCUT2D eigenvalue weighted by Gasteiger charge is -2.28. The lowest BCUT2D eigenvalue weighted by molar-refractivity contribution is -0.123. The number of esters is 1. The molecule has 0 aromatic heterocycles. The first kappa shape index (κ1) is 18.2. The van der Waals surface area contributed by atoms with Crippen molar-refractivity contribution in [1.82, 2.24) is 0 Å². The fourth-order valence-corrected chi connectivity index (χ4v) is 2.74. The molecule has 1 atom stereocenters. The van der Waals surface area contributed by atoms with Crippen LogP contribution < -0.4 is 4.65 Å². The predicted molar refractivity (Wildman–Crippen MR) is 88.0 cm³/mol. The zero-order chi connectivity index (χ0) is 17.7. The summed E-state index contributed by atoms with van der Waals surface area (Å²) in [6.45, 7) is 3.41. The number of Topliss-reactive ketones (excluding diaryl/α,β-unsaturated/α-hetero) is 2. The molecule has 128 valence electrons. The van der Waals surface area contributed by atoms with Gasteiger partial charge in [-0.05, 0) is 31.9 Å². The summed E-state index contributed by atoms with van der Waals surface area (Å²) in [4.78, 5) is 34.9. The van der Waals surface area contributed by atoms with Crippen LogP contribution in [-0.4, -0.2) is 36.3 Å². The molecule has 7 heteroatoms. The van der Waals surface area contributed by atoms with Crippen molar-refractivity contribution in [2.75, 3.05) is 6.61 Å². The van der Waals surface area contributed by atoms with Crippen molar-refractivity contribution in [3.63, 3.8) is 0 Å². The van der Waals surface area contributed by atoms with Crippen LogP contribution in [0, 0.1) is 0 Å². The number of carbonyl (C=O) groups excluding carboxylic acids is 3. The maximum atomic E-state index is 12.0. The molecule has 0 bridgehead atoms. The Labute approximate surface area is 141 Å². The fourth-order valence-electron chi connectivity index (χ4n) is 2.74. The highest BCUT2D eigenvalue weighted by Crippen LogP contribution is 2.36. The van der Waals surface area contributed by atoms with E-state index in [1.807, 2.05) is 0 Å². The van der Waals surface area contributed by atoms with Gasteiger partial charge in [-0.3, -0.25) is 4.79 Å². The van der Waals surface area contributed by atoms with E-state index >= 15 is 0 Å². The number of fused-ring (bicyclic) bond motifs is 1. The van der Waals surface area contributed by atoms with Gasteiger partial charge >= 0.3 is 13.1 Å². The lowest BCUT2D eigenvalue weighted by atomic mass is 9.64. The highest BCUT2D eigenvalue weighted by molar-refractivity contribution is 6.47. The highest BCUT2D eigenvalue weighted by atomic mass is 16.5. The van der Waals surface area contributed by atoms with E-state index < -0.39 is 18.9 Å². The van der Waals surface area contributed by atoms with E-state index in [9.17, 15) is 19.4 Å². The van der Waals surface area contributed by atoms with Gasteiger partial charge in [0.15, 0.2) is 0 Å². The Hall–Kier alpha value is -2.15. The van der Waals surface area contributed by atoms with E-state index in [2.05, 4.69) is 0 Å². The molecule has 24 heavy (non-hydrogen) atoms. The summed E-state index contributed by atoms with van der Waals surface area (Å²) in [5.41, 5.74) is 1.03. The molecule has 0 saturated heterocycles. The van der Waals surface area contributed by atoms with E-state index in [0.29, 0.717) is 12.2 Å². The summed E-state index contributed by atoms with van der Waals surface area (Å²) in [5.74, 6) is -0.695. The second kappa shape index (κ2) is 8.10. The smallest absolute Gasteiger partial charge is 0.526 e. The monoisotopic (exact) mass is 332 g/mol. The average Bonchev–Trinajstić information content (AvgIpc) is 2.53. The van der Waals surface area contributed by atoms with Crippen molar-refractivity contribution in [3.8, 4) is 5.75 Å². The molecule has 1 aromatic carbocycles. The molecule has 0 spiro atoms. The van der Waals surface area contributed by atoms with Crippen molar-refractivity contribution < 1.29 is 28.8 Å². The minimum atomic E-state index is -1.17. The molecular formula is C17H21BO6. The first-order valence-corrected chi connectivity index (χ1v) is 8.07. The van der Waals surface area contributed by atoms with Crippen LogP contribution in [0.25, 0.3) is 0 Å². The van der Waals surface area contributed by atoms with E-state index in [1.165, 1.54) is 6.92 Å². The third-order valence-corrected chi connectivity index (χ3v) is 3.96. The number of rotatable bonds is 7. The third-order valence-electron chi connectivity index (χ3n) is 3.96. The summed E-state index contributed by atoms with van der Waals surface area (Å²) in [6.07, 6.45) is 0.952. The maximum Gasteiger partial charge on any atom is 0.526 e. The largest absolute Gasteiger partial charge is 0.535 e. The van der Waals surface area contributed by atoms with Gasteiger partial charge in [-0.15, -0.1) is 0 Å². The van der Waals surface area contributed by atoms with Gasteiger partial charge in [0, 0.05) is 25.1 Å². The van der Waals surface area contributed by atoms with Gasteiger partial charge in [-0.2, -0.15) is 0 Å². The van der Waals surface area contributed by atoms with Gasteiger partial charge in [0.05, 0.1) is 6.61 Å². The molecule has 0 aliphatic carbocycles. The molecule has 0 saturated carbocycles. The van der Waals surface area contributed by atoms with Gasteiger partial charge in [0.1, 0.15) is 22.9 Å². The molecule has 0 radical (unpaired) electrons. The standard InChI is InChI=1S/C17H21BO6/c1-3-23-17(21)15-6-4-5-12-9-13(18(22)24-16(12)15)10-14(20)8-7-11(2)19/h4-6,13,22H,3,7-10H2,1-2H3/t13-/m1/s1. The quantitative estimate of drug-likeness (QED) is 0.606. The molecule has 1 aliphatic heterocycles. The van der Waals surface area contributed by atoms with Crippen molar-refractivity contribution >= 4 is 24.7 Å². The average molecular weight is 332 g/mol. The maximum absolute atomic E-state index is 12.0. The number of ketones is 2. The molecule has 0 unspecified atom stereocenters. The topological polar surface area (TPSA) is 89.9 Å². The summed E-state index contributed by atoms with van der Waals surface area (Å²) < 4.78 is 10.5. The molecule has 2 rings (SSSR count). The van der Waals surface area contributed by atoms with E-state index in [4.69, 9.17) is 9.39 Å². The Balaban J connectivity index is 2.10. The Morgan fingerprint density at radius 1 is 1.33 bits per heavy atom. The van der Waals surface area contributed by atoms with Crippen molar-refractivity contribution in [2.24, 2.45) is 0 Å². The Morgan fingerprint density at radius 2 is 2.08 bits per heavy atom. The van der Waals surface area contributed by atoms with Crippen LogP contribution in [0.2, 0.25) is 5.82 Å². The molecule has 0 amide bonds. The van der Waals surface area contributed by atoms with Crippen molar-refractivity contribution in [2.45, 2.75) is 45.3 Å². The van der Waals surface area contributed by atoms with Crippen LogP contribution in [-0.2, 0) is 20.7 Å². The normalized spacial score (nSPS) is 16.1. The molecule has 1 aromatic rings. The fraction of sp³-hybridized carbons (Fsp3) is 0.471. The number of hydrogen-bond acceptors (Lipinski definition) is 6. The first-order valence-electron chi connectivity index (χ1n) is 8.07. The molecule has 1 N–H and O–H groups in total. The number of carbonyl (C=O) groups is 3. The Bertz CT molecular complexity index is 642. The van der Waals surface area contributed by atoms with E-state index in [1.54, 1.807) is 25.1 Å². The minimum absolute atomic E-state index is 0.0341. The summed E-state index contributed by atoms with van der Waals surface area (Å²) in [5, 5.41) is 10.2. The second-order valence-corrected chi connectivity index (χ2v) is 5.93. The number of benzene rings is 1. The molecule has 6 nitrogen and oxygen atoms in total. The van der Waals surface area contributed by atoms with Gasteiger partial charge in [0.25, 0.3) is 0 Å². The third kappa shape index (κ3) is 4.44. The van der Waals surface area contributed by atoms with Crippen LogP contribution in [0.15, 0.2) is 18.2 Å². The van der Waals surface area contributed by atoms with Crippen LogP contribution in [0.3, 0.4) is 0 Å². The zero-order valence-electron chi connectivity index (χ0n) is 13.9. The van der Waals surface area contributed by atoms with Gasteiger partial charge in [-0.25, -0.2) is 4.79 Å². The Kier molecular flexibility index (Phi) is 6.14. The van der Waals surface area contributed by atoms with Crippen LogP contribution >= 0.6 is 0 Å². The van der Waals surface area contributed by atoms with Crippen LogP contribution in [0.1, 0.15) is 49.0 Å². The number of hydrogen-bond donors (Lipinski definition) is 1. The van der Waals surface area contributed by atoms with E-state index in [-0.39, 0.29) is 43.0 Å². The molecule has 1 aliphatic rings. The van der Waals surface area contributed by atoms with Crippen molar-refractivity contribution in [1.29, 1.82) is 0 Å². The SMILES string of the molecule is CCOC(=O)c1cccc2c1OB(O)[C@@H](CC(=O)CCC(C)=O)C2. The lowest BCUT2D eigenvalue weighted by Crippen LogP contribution is -2.36. The highest BCUT2D eigenvalue weighted by Gasteiger charge is 2.37. The number of para-hydroxylation sites is 1. The molecular weight excluding hydrogens is 311 g/mol. The van der Waals surface area contributed by atoms with Gasteiger partial charge < -0.3 is 19.2 Å². The van der Waals surface area contributed by atoms with Crippen LogP contribution in [0.4, 0.5) is 0 Å². The van der Waals surface area contributed by atoms with E-state index in [0.717, 1.165) is 5.56 Å².